The number of para-hydroxylation sites is 1. The Labute approximate surface area is 171 Å². The van der Waals surface area contributed by atoms with Crippen molar-refractivity contribution in [2.24, 2.45) is 5.92 Å². The Morgan fingerprint density at radius 1 is 1.10 bits per heavy atom. The molecule has 1 saturated heterocycles. The highest BCUT2D eigenvalue weighted by molar-refractivity contribution is 6.07. The van der Waals surface area contributed by atoms with E-state index >= 15 is 0 Å². The fraction of sp³-hybridized carbons (Fsp3) is 0.348. The van der Waals surface area contributed by atoms with Gasteiger partial charge in [-0.25, -0.2) is 0 Å². The largest absolute Gasteiger partial charge is 0.352 e. The summed E-state index contributed by atoms with van der Waals surface area (Å²) in [5.41, 5.74) is 3.96. The Hall–Kier alpha value is -3.15. The molecule has 0 aromatic heterocycles. The van der Waals surface area contributed by atoms with Crippen molar-refractivity contribution in [1.29, 1.82) is 0 Å². The topological polar surface area (TPSA) is 78.5 Å². The highest BCUT2D eigenvalue weighted by Crippen LogP contribution is 2.28. The zero-order valence-electron chi connectivity index (χ0n) is 17.1. The summed E-state index contributed by atoms with van der Waals surface area (Å²) in [4.78, 5) is 39.4. The minimum Gasteiger partial charge on any atom is -0.352 e. The van der Waals surface area contributed by atoms with Gasteiger partial charge >= 0.3 is 0 Å². The summed E-state index contributed by atoms with van der Waals surface area (Å²) in [7, 11) is 0. The first kappa shape index (κ1) is 20.6. The van der Waals surface area contributed by atoms with Crippen LogP contribution in [0.15, 0.2) is 42.5 Å². The van der Waals surface area contributed by atoms with Gasteiger partial charge in [0.1, 0.15) is 0 Å². The Balaban J connectivity index is 1.71. The molecule has 1 heterocycles. The number of anilines is 2. The SMILES string of the molecule is CCCNC(=O)c1ccccc1NC(=O)C1CC(=O)N(c2ccc(C)c(C)c2)C1. The van der Waals surface area contributed by atoms with E-state index < -0.39 is 5.92 Å². The average Bonchev–Trinajstić information content (AvgIpc) is 3.10. The number of carbonyl (C=O) groups excluding carboxylic acids is 3. The number of hydrogen-bond donors (Lipinski definition) is 2. The number of rotatable bonds is 6. The van der Waals surface area contributed by atoms with E-state index in [0.29, 0.717) is 24.3 Å². The quantitative estimate of drug-likeness (QED) is 0.789. The molecular formula is C23H27N3O3. The van der Waals surface area contributed by atoms with Gasteiger partial charge in [0, 0.05) is 25.2 Å². The minimum absolute atomic E-state index is 0.0672. The predicted molar refractivity (Wildman–Crippen MR) is 114 cm³/mol. The van der Waals surface area contributed by atoms with Crippen LogP contribution in [-0.4, -0.2) is 30.8 Å². The molecule has 2 N–H and O–H groups in total. The van der Waals surface area contributed by atoms with Crippen molar-refractivity contribution < 1.29 is 14.4 Å². The Morgan fingerprint density at radius 3 is 2.59 bits per heavy atom. The van der Waals surface area contributed by atoms with Gasteiger partial charge in [-0.2, -0.15) is 0 Å². The van der Waals surface area contributed by atoms with Crippen molar-refractivity contribution in [1.82, 2.24) is 5.32 Å². The van der Waals surface area contributed by atoms with E-state index in [1.54, 1.807) is 29.2 Å². The standard InChI is InChI=1S/C23H27N3O3/c1-4-11-24-23(29)19-7-5-6-8-20(19)25-22(28)17-13-21(27)26(14-17)18-10-9-15(2)16(3)12-18/h5-10,12,17H,4,11,13-14H2,1-3H3,(H,24,29)(H,25,28). The Morgan fingerprint density at radius 2 is 1.86 bits per heavy atom. The molecule has 1 aliphatic heterocycles. The van der Waals surface area contributed by atoms with Crippen molar-refractivity contribution in [3.8, 4) is 0 Å². The minimum atomic E-state index is -0.462. The molecule has 1 aliphatic rings. The third-order valence-electron chi connectivity index (χ3n) is 5.26. The van der Waals surface area contributed by atoms with Gasteiger partial charge < -0.3 is 15.5 Å². The molecule has 6 nitrogen and oxygen atoms in total. The number of nitrogens with one attached hydrogen (secondary N) is 2. The second-order valence-electron chi connectivity index (χ2n) is 7.46. The molecule has 0 bridgehead atoms. The Bertz CT molecular complexity index is 939. The molecule has 0 radical (unpaired) electrons. The monoisotopic (exact) mass is 393 g/mol. The summed E-state index contributed by atoms with van der Waals surface area (Å²) >= 11 is 0. The van der Waals surface area contributed by atoms with Crippen LogP contribution in [0.5, 0.6) is 0 Å². The lowest BCUT2D eigenvalue weighted by molar-refractivity contribution is -0.122. The fourth-order valence-corrected chi connectivity index (χ4v) is 3.38. The van der Waals surface area contributed by atoms with Crippen LogP contribution in [-0.2, 0) is 9.59 Å². The summed E-state index contributed by atoms with van der Waals surface area (Å²) in [6, 6.07) is 12.8. The lowest BCUT2D eigenvalue weighted by Crippen LogP contribution is -2.29. The van der Waals surface area contributed by atoms with Gasteiger partial charge in [-0.1, -0.05) is 25.1 Å². The van der Waals surface area contributed by atoms with Gasteiger partial charge in [0.25, 0.3) is 5.91 Å². The third-order valence-corrected chi connectivity index (χ3v) is 5.26. The van der Waals surface area contributed by atoms with E-state index in [0.717, 1.165) is 23.2 Å². The number of nitrogens with zero attached hydrogens (tertiary/aromatic N) is 1. The molecule has 0 saturated carbocycles. The molecule has 0 spiro atoms. The molecule has 3 amide bonds. The molecule has 3 rings (SSSR count). The van der Waals surface area contributed by atoms with Gasteiger partial charge in [0.05, 0.1) is 17.2 Å². The highest BCUT2D eigenvalue weighted by Gasteiger charge is 2.35. The summed E-state index contributed by atoms with van der Waals surface area (Å²) in [6.07, 6.45) is 0.988. The lowest BCUT2D eigenvalue weighted by Gasteiger charge is -2.18. The molecule has 2 aromatic carbocycles. The second-order valence-corrected chi connectivity index (χ2v) is 7.46. The lowest BCUT2D eigenvalue weighted by atomic mass is 10.1. The van der Waals surface area contributed by atoms with Crippen LogP contribution in [0, 0.1) is 19.8 Å². The van der Waals surface area contributed by atoms with Gasteiger partial charge in [-0.15, -0.1) is 0 Å². The molecule has 0 aliphatic carbocycles. The number of benzene rings is 2. The molecule has 1 atom stereocenters. The van der Waals surface area contributed by atoms with Gasteiger partial charge in [0.2, 0.25) is 11.8 Å². The smallest absolute Gasteiger partial charge is 0.253 e. The highest BCUT2D eigenvalue weighted by atomic mass is 16.2. The number of hydrogen-bond acceptors (Lipinski definition) is 3. The predicted octanol–water partition coefficient (Wildman–Crippen LogP) is 3.43. The van der Waals surface area contributed by atoms with Crippen LogP contribution in [0.4, 0.5) is 11.4 Å². The van der Waals surface area contributed by atoms with Crippen molar-refractivity contribution in [3.05, 3.63) is 59.2 Å². The molecule has 152 valence electrons. The summed E-state index contributed by atoms with van der Waals surface area (Å²) in [6.45, 7) is 6.91. The molecule has 2 aromatic rings. The second kappa shape index (κ2) is 8.90. The average molecular weight is 393 g/mol. The third kappa shape index (κ3) is 4.65. The first-order valence-corrected chi connectivity index (χ1v) is 9.96. The summed E-state index contributed by atoms with van der Waals surface area (Å²) in [5.74, 6) is -0.999. The van der Waals surface area contributed by atoms with Crippen molar-refractivity contribution in [2.75, 3.05) is 23.3 Å². The normalized spacial score (nSPS) is 16.0. The van der Waals surface area contributed by atoms with E-state index in [2.05, 4.69) is 10.6 Å². The van der Waals surface area contributed by atoms with Crippen LogP contribution in [0.3, 0.4) is 0 Å². The van der Waals surface area contributed by atoms with E-state index in [9.17, 15) is 14.4 Å². The van der Waals surface area contributed by atoms with E-state index in [1.165, 1.54) is 0 Å². The molecule has 1 unspecified atom stereocenters. The number of carbonyl (C=O) groups is 3. The van der Waals surface area contributed by atoms with Gasteiger partial charge in [-0.3, -0.25) is 14.4 Å². The molecule has 1 fully saturated rings. The molecule has 6 heteroatoms. The number of amides is 3. The maximum atomic E-state index is 12.8. The van der Waals surface area contributed by atoms with Crippen LogP contribution in [0.25, 0.3) is 0 Å². The number of aryl methyl sites for hydroxylation is 2. The van der Waals surface area contributed by atoms with Crippen molar-refractivity contribution >= 4 is 29.1 Å². The van der Waals surface area contributed by atoms with E-state index in [1.807, 2.05) is 39.0 Å². The van der Waals surface area contributed by atoms with Gasteiger partial charge in [0.15, 0.2) is 0 Å². The fourth-order valence-electron chi connectivity index (χ4n) is 3.38. The maximum Gasteiger partial charge on any atom is 0.253 e. The summed E-state index contributed by atoms with van der Waals surface area (Å²) < 4.78 is 0. The zero-order chi connectivity index (χ0) is 21.0. The van der Waals surface area contributed by atoms with Crippen molar-refractivity contribution in [2.45, 2.75) is 33.6 Å². The van der Waals surface area contributed by atoms with E-state index in [-0.39, 0.29) is 24.1 Å². The molecule has 29 heavy (non-hydrogen) atoms. The van der Waals surface area contributed by atoms with Crippen LogP contribution < -0.4 is 15.5 Å². The van der Waals surface area contributed by atoms with Crippen LogP contribution in [0.1, 0.15) is 41.3 Å². The summed E-state index contributed by atoms with van der Waals surface area (Å²) in [5, 5.41) is 5.67. The van der Waals surface area contributed by atoms with Crippen LogP contribution in [0.2, 0.25) is 0 Å². The Kier molecular flexibility index (Phi) is 6.32. The molecular weight excluding hydrogens is 366 g/mol. The first-order chi connectivity index (χ1) is 13.9. The zero-order valence-corrected chi connectivity index (χ0v) is 17.1. The maximum absolute atomic E-state index is 12.8. The van der Waals surface area contributed by atoms with Crippen LogP contribution >= 0.6 is 0 Å². The van der Waals surface area contributed by atoms with Crippen molar-refractivity contribution in [3.63, 3.8) is 0 Å². The van der Waals surface area contributed by atoms with E-state index in [4.69, 9.17) is 0 Å². The first-order valence-electron chi connectivity index (χ1n) is 9.96. The van der Waals surface area contributed by atoms with Gasteiger partial charge in [-0.05, 0) is 55.7 Å².